The van der Waals surface area contributed by atoms with Gasteiger partial charge in [0.05, 0.1) is 0 Å². The molecule has 90 valence electrons. The number of nitrogens with one attached hydrogen (secondary N) is 1. The van der Waals surface area contributed by atoms with Gasteiger partial charge >= 0.3 is 6.03 Å². The molecule has 3 heteroatoms. The Kier molecular flexibility index (Phi) is 5.68. The molecule has 2 amide bonds. The molecule has 0 aromatic carbocycles. The van der Waals surface area contributed by atoms with Crippen LogP contribution >= 0.6 is 0 Å². The Morgan fingerprint density at radius 1 is 1.25 bits per heavy atom. The fourth-order valence-corrected chi connectivity index (χ4v) is 2.11. The number of carbonyl (C=O) groups excluding carboxylic acids is 1. The molecule has 16 heavy (non-hydrogen) atoms. The van der Waals surface area contributed by atoms with Crippen molar-refractivity contribution in [3.63, 3.8) is 0 Å². The number of hydrogen-bond donors (Lipinski definition) is 1. The highest BCUT2D eigenvalue weighted by Gasteiger charge is 2.17. The zero-order chi connectivity index (χ0) is 11.8. The van der Waals surface area contributed by atoms with Crippen LogP contribution in [-0.4, -0.2) is 30.6 Å². The van der Waals surface area contributed by atoms with Crippen LogP contribution in [0.25, 0.3) is 0 Å². The molecule has 0 aromatic rings. The van der Waals surface area contributed by atoms with Crippen LogP contribution in [0.15, 0.2) is 25.3 Å². The van der Waals surface area contributed by atoms with Crippen molar-refractivity contribution in [1.29, 1.82) is 0 Å². The maximum absolute atomic E-state index is 11.8. The average molecular weight is 222 g/mol. The number of nitrogens with zero attached hydrogens (tertiary/aromatic N) is 1. The summed E-state index contributed by atoms with van der Waals surface area (Å²) in [6.45, 7) is 9.25. The Morgan fingerprint density at radius 2 is 1.81 bits per heavy atom. The quantitative estimate of drug-likeness (QED) is 0.688. The third-order valence-electron chi connectivity index (χ3n) is 3.00. The van der Waals surface area contributed by atoms with E-state index in [2.05, 4.69) is 18.5 Å². The summed E-state index contributed by atoms with van der Waals surface area (Å²) in [5.74, 6) is 0.679. The van der Waals surface area contributed by atoms with Gasteiger partial charge in [-0.15, -0.1) is 13.2 Å². The summed E-state index contributed by atoms with van der Waals surface area (Å²) in [4.78, 5) is 13.5. The monoisotopic (exact) mass is 222 g/mol. The lowest BCUT2D eigenvalue weighted by molar-refractivity contribution is 0.206. The van der Waals surface area contributed by atoms with Crippen molar-refractivity contribution < 1.29 is 4.79 Å². The van der Waals surface area contributed by atoms with E-state index >= 15 is 0 Å². The first-order valence-corrected chi connectivity index (χ1v) is 6.02. The summed E-state index contributed by atoms with van der Waals surface area (Å²) >= 11 is 0. The van der Waals surface area contributed by atoms with Crippen molar-refractivity contribution in [3.8, 4) is 0 Å². The largest absolute Gasteiger partial charge is 0.338 e. The minimum atomic E-state index is -0.00769. The second-order valence-corrected chi connectivity index (χ2v) is 4.32. The van der Waals surface area contributed by atoms with Crippen LogP contribution in [0.4, 0.5) is 4.79 Å². The van der Waals surface area contributed by atoms with Crippen LogP contribution in [0.5, 0.6) is 0 Å². The Hall–Kier alpha value is -1.25. The molecule has 0 unspecified atom stereocenters. The predicted octanol–water partition coefficient (Wildman–Crippen LogP) is 2.56. The fourth-order valence-electron chi connectivity index (χ4n) is 2.11. The molecule has 1 saturated carbocycles. The van der Waals surface area contributed by atoms with Crippen LogP contribution in [0.3, 0.4) is 0 Å². The van der Waals surface area contributed by atoms with E-state index in [-0.39, 0.29) is 6.03 Å². The van der Waals surface area contributed by atoms with Crippen LogP contribution in [-0.2, 0) is 0 Å². The third-order valence-corrected chi connectivity index (χ3v) is 3.00. The molecule has 0 saturated heterocycles. The smallest absolute Gasteiger partial charge is 0.317 e. The van der Waals surface area contributed by atoms with E-state index in [0.717, 1.165) is 6.54 Å². The first kappa shape index (κ1) is 12.8. The Labute approximate surface area is 98.2 Å². The van der Waals surface area contributed by atoms with Gasteiger partial charge in [0.15, 0.2) is 0 Å². The van der Waals surface area contributed by atoms with E-state index in [0.29, 0.717) is 19.0 Å². The molecule has 0 radical (unpaired) electrons. The van der Waals surface area contributed by atoms with Gasteiger partial charge in [0, 0.05) is 19.6 Å². The summed E-state index contributed by atoms with van der Waals surface area (Å²) in [5.41, 5.74) is 0. The zero-order valence-corrected chi connectivity index (χ0v) is 9.95. The summed E-state index contributed by atoms with van der Waals surface area (Å²) in [6, 6.07) is -0.00769. The lowest BCUT2D eigenvalue weighted by Crippen LogP contribution is -2.41. The second kappa shape index (κ2) is 7.09. The first-order valence-electron chi connectivity index (χ1n) is 6.02. The normalized spacial score (nSPS) is 15.8. The predicted molar refractivity (Wildman–Crippen MR) is 67.3 cm³/mol. The maximum atomic E-state index is 11.8. The minimum absolute atomic E-state index is 0.00769. The number of amides is 2. The number of carbonyl (C=O) groups is 1. The number of urea groups is 1. The maximum Gasteiger partial charge on any atom is 0.317 e. The molecule has 1 rings (SSSR count). The minimum Gasteiger partial charge on any atom is -0.338 e. The molecular formula is C13H22N2O. The van der Waals surface area contributed by atoms with Crippen molar-refractivity contribution >= 4 is 6.03 Å². The summed E-state index contributed by atoms with van der Waals surface area (Å²) in [7, 11) is 0. The summed E-state index contributed by atoms with van der Waals surface area (Å²) in [5, 5.41) is 2.99. The van der Waals surface area contributed by atoms with Crippen molar-refractivity contribution in [3.05, 3.63) is 25.3 Å². The van der Waals surface area contributed by atoms with Crippen molar-refractivity contribution in [2.75, 3.05) is 19.6 Å². The molecular weight excluding hydrogens is 200 g/mol. The van der Waals surface area contributed by atoms with E-state index in [4.69, 9.17) is 0 Å². The molecule has 3 nitrogen and oxygen atoms in total. The Balaban J connectivity index is 2.29. The molecule has 0 heterocycles. The van der Waals surface area contributed by atoms with Crippen LogP contribution in [0.2, 0.25) is 0 Å². The van der Waals surface area contributed by atoms with Crippen LogP contribution in [0, 0.1) is 5.92 Å². The van der Waals surface area contributed by atoms with Crippen molar-refractivity contribution in [2.24, 2.45) is 5.92 Å². The SMILES string of the molecule is C=CCN(CC=C)C(=O)NCC1CCCC1. The van der Waals surface area contributed by atoms with Gasteiger partial charge in [-0.05, 0) is 18.8 Å². The van der Waals surface area contributed by atoms with Gasteiger partial charge in [-0.25, -0.2) is 4.79 Å². The number of rotatable bonds is 6. The number of hydrogen-bond acceptors (Lipinski definition) is 1. The molecule has 1 aliphatic carbocycles. The molecule has 0 aliphatic heterocycles. The van der Waals surface area contributed by atoms with E-state index in [1.807, 2.05) is 0 Å². The molecule has 0 spiro atoms. The third kappa shape index (κ3) is 4.09. The van der Waals surface area contributed by atoms with Crippen LogP contribution < -0.4 is 5.32 Å². The highest BCUT2D eigenvalue weighted by molar-refractivity contribution is 5.74. The van der Waals surface area contributed by atoms with Crippen molar-refractivity contribution in [2.45, 2.75) is 25.7 Å². The van der Waals surface area contributed by atoms with Gasteiger partial charge in [-0.2, -0.15) is 0 Å². The van der Waals surface area contributed by atoms with Gasteiger partial charge in [-0.3, -0.25) is 0 Å². The molecule has 0 aromatic heterocycles. The van der Waals surface area contributed by atoms with Gasteiger partial charge in [0.2, 0.25) is 0 Å². The van der Waals surface area contributed by atoms with Gasteiger partial charge in [-0.1, -0.05) is 25.0 Å². The topological polar surface area (TPSA) is 32.3 Å². The summed E-state index contributed by atoms with van der Waals surface area (Å²) < 4.78 is 0. The van der Waals surface area contributed by atoms with Gasteiger partial charge in [0.25, 0.3) is 0 Å². The van der Waals surface area contributed by atoms with Gasteiger partial charge < -0.3 is 10.2 Å². The van der Waals surface area contributed by atoms with E-state index in [1.165, 1.54) is 25.7 Å². The highest BCUT2D eigenvalue weighted by atomic mass is 16.2. The molecule has 0 atom stereocenters. The Bertz CT molecular complexity index is 234. The average Bonchev–Trinajstić information content (AvgIpc) is 2.78. The molecule has 1 fully saturated rings. The zero-order valence-electron chi connectivity index (χ0n) is 9.95. The van der Waals surface area contributed by atoms with E-state index in [1.54, 1.807) is 17.1 Å². The van der Waals surface area contributed by atoms with Crippen molar-refractivity contribution in [1.82, 2.24) is 10.2 Å². The fraction of sp³-hybridized carbons (Fsp3) is 0.615. The summed E-state index contributed by atoms with van der Waals surface area (Å²) in [6.07, 6.45) is 8.59. The second-order valence-electron chi connectivity index (χ2n) is 4.32. The van der Waals surface area contributed by atoms with Gasteiger partial charge in [0.1, 0.15) is 0 Å². The molecule has 1 N–H and O–H groups in total. The standard InChI is InChI=1S/C13H22N2O/c1-3-9-15(10-4-2)13(16)14-11-12-7-5-6-8-12/h3-4,12H,1-2,5-11H2,(H,14,16). The van der Waals surface area contributed by atoms with E-state index < -0.39 is 0 Å². The Morgan fingerprint density at radius 3 is 2.31 bits per heavy atom. The molecule has 0 bridgehead atoms. The lowest BCUT2D eigenvalue weighted by atomic mass is 10.1. The highest BCUT2D eigenvalue weighted by Crippen LogP contribution is 2.23. The van der Waals surface area contributed by atoms with Crippen LogP contribution in [0.1, 0.15) is 25.7 Å². The van der Waals surface area contributed by atoms with E-state index in [9.17, 15) is 4.79 Å². The first-order chi connectivity index (χ1) is 7.77. The molecule has 1 aliphatic rings. The lowest BCUT2D eigenvalue weighted by Gasteiger charge is -2.21.